The molecular weight excluding hydrogens is 320 g/mol. The van der Waals surface area contributed by atoms with E-state index in [0.717, 1.165) is 36.9 Å². The summed E-state index contributed by atoms with van der Waals surface area (Å²) < 4.78 is 0. The van der Waals surface area contributed by atoms with Gasteiger partial charge in [-0.1, -0.05) is 40.2 Å². The number of fused-ring (bicyclic) bond motifs is 3. The number of ketones is 1. The zero-order chi connectivity index (χ0) is 18.8. The molecule has 0 amide bonds. The zero-order valence-electron chi connectivity index (χ0n) is 16.9. The van der Waals surface area contributed by atoms with Gasteiger partial charge in [-0.3, -0.25) is 9.78 Å². The summed E-state index contributed by atoms with van der Waals surface area (Å²) in [6, 6.07) is 4.06. The third-order valence-electron chi connectivity index (χ3n) is 6.56. The van der Waals surface area contributed by atoms with Gasteiger partial charge in [-0.05, 0) is 60.5 Å². The molecule has 0 unspecified atom stereocenters. The van der Waals surface area contributed by atoms with E-state index in [9.17, 15) is 4.79 Å². The maximum absolute atomic E-state index is 13.3. The Balaban J connectivity index is 1.87. The molecule has 2 bridgehead atoms. The van der Waals surface area contributed by atoms with Crippen molar-refractivity contribution < 1.29 is 4.79 Å². The summed E-state index contributed by atoms with van der Waals surface area (Å²) >= 11 is 0. The number of allylic oxidation sites excluding steroid dienone is 1. The maximum atomic E-state index is 13.3. The first-order valence-electron chi connectivity index (χ1n) is 9.96. The van der Waals surface area contributed by atoms with Crippen LogP contribution in [0.2, 0.25) is 0 Å². The van der Waals surface area contributed by atoms with E-state index in [1.54, 1.807) is 0 Å². The summed E-state index contributed by atoms with van der Waals surface area (Å²) in [6.07, 6.45) is 9.77. The summed E-state index contributed by atoms with van der Waals surface area (Å²) in [6.45, 7) is 11.7. The third kappa shape index (κ3) is 3.00. The smallest absolute Gasteiger partial charge is 0.161 e. The van der Waals surface area contributed by atoms with Crippen LogP contribution in [0.3, 0.4) is 0 Å². The van der Waals surface area contributed by atoms with Gasteiger partial charge in [0.25, 0.3) is 0 Å². The zero-order valence-corrected chi connectivity index (χ0v) is 16.9. The van der Waals surface area contributed by atoms with Gasteiger partial charge >= 0.3 is 0 Å². The summed E-state index contributed by atoms with van der Waals surface area (Å²) in [5.74, 6) is 0.373. The molecule has 0 radical (unpaired) electrons. The van der Waals surface area contributed by atoms with Gasteiger partial charge in [0.1, 0.15) is 0 Å². The van der Waals surface area contributed by atoms with Crippen LogP contribution in [0, 0.1) is 16.2 Å². The van der Waals surface area contributed by atoms with Gasteiger partial charge in [-0.15, -0.1) is 0 Å². The Morgan fingerprint density at radius 2 is 1.58 bits per heavy atom. The van der Waals surface area contributed by atoms with Gasteiger partial charge in [-0.2, -0.15) is 0 Å². The summed E-state index contributed by atoms with van der Waals surface area (Å²) in [7, 11) is 0. The monoisotopic (exact) mass is 352 g/mol. The molecule has 4 rings (SSSR count). The average Bonchev–Trinajstić information content (AvgIpc) is 2.42. The molecule has 1 aromatic rings. The van der Waals surface area contributed by atoms with Crippen LogP contribution in [0.1, 0.15) is 73.1 Å². The second kappa shape index (κ2) is 5.43. The highest BCUT2D eigenvalue weighted by atomic mass is 16.1. The lowest BCUT2D eigenvalue weighted by molar-refractivity contribution is -0.120. The molecule has 2 atom stereocenters. The molecule has 26 heavy (non-hydrogen) atoms. The molecule has 1 aromatic heterocycles. The lowest BCUT2D eigenvalue weighted by Gasteiger charge is -2.59. The average molecular weight is 353 g/mol. The van der Waals surface area contributed by atoms with Crippen LogP contribution in [0.15, 0.2) is 35.7 Å². The Morgan fingerprint density at radius 1 is 0.885 bits per heavy atom. The molecule has 140 valence electrons. The first-order chi connectivity index (χ1) is 12.0. The summed E-state index contributed by atoms with van der Waals surface area (Å²) in [5, 5.41) is 3.84. The van der Waals surface area contributed by atoms with Gasteiger partial charge in [-0.25, -0.2) is 0 Å². The van der Waals surface area contributed by atoms with E-state index in [4.69, 9.17) is 0 Å². The lowest BCUT2D eigenvalue weighted by Crippen LogP contribution is -2.58. The van der Waals surface area contributed by atoms with Crippen molar-refractivity contribution in [1.29, 1.82) is 0 Å². The highest BCUT2D eigenvalue weighted by molar-refractivity contribution is 6.00. The first-order valence-corrected chi connectivity index (χ1v) is 9.96. The molecule has 3 aliphatic carbocycles. The SMILES string of the molecule is CC1(C)CC(=O)C2=C(C1)C[C@@]1(C)CC(C)(C)C[C@@]2(Nc2ccncc2)C1. The van der Waals surface area contributed by atoms with Crippen LogP contribution in [-0.2, 0) is 4.79 Å². The first kappa shape index (κ1) is 17.8. The van der Waals surface area contributed by atoms with Crippen LogP contribution in [0.5, 0.6) is 0 Å². The van der Waals surface area contributed by atoms with Crippen molar-refractivity contribution in [2.24, 2.45) is 16.2 Å². The minimum absolute atomic E-state index is 0.0886. The quantitative estimate of drug-likeness (QED) is 0.760. The molecular formula is C23H32N2O. The Bertz CT molecular complexity index is 777. The molecule has 3 heteroatoms. The van der Waals surface area contributed by atoms with Crippen molar-refractivity contribution in [3.8, 4) is 0 Å². The van der Waals surface area contributed by atoms with Crippen LogP contribution in [0.4, 0.5) is 5.69 Å². The Hall–Kier alpha value is -1.64. The fraction of sp³-hybridized carbons (Fsp3) is 0.652. The highest BCUT2D eigenvalue weighted by Gasteiger charge is 2.57. The number of hydrogen-bond acceptors (Lipinski definition) is 3. The molecule has 0 aliphatic heterocycles. The van der Waals surface area contributed by atoms with Crippen LogP contribution in [-0.4, -0.2) is 16.3 Å². The van der Waals surface area contributed by atoms with E-state index < -0.39 is 0 Å². The molecule has 0 aromatic carbocycles. The predicted molar refractivity (Wildman–Crippen MR) is 106 cm³/mol. The summed E-state index contributed by atoms with van der Waals surface area (Å²) in [5.41, 5.74) is 3.96. The van der Waals surface area contributed by atoms with E-state index in [-0.39, 0.29) is 21.8 Å². The second-order valence-corrected chi connectivity index (χ2v) is 11.0. The second-order valence-electron chi connectivity index (χ2n) is 11.0. The fourth-order valence-electron chi connectivity index (χ4n) is 6.77. The summed E-state index contributed by atoms with van der Waals surface area (Å²) in [4.78, 5) is 17.5. The molecule has 0 saturated heterocycles. The predicted octanol–water partition coefficient (Wildman–Crippen LogP) is 5.54. The molecule has 0 spiro atoms. The highest BCUT2D eigenvalue weighted by Crippen LogP contribution is 2.62. The number of anilines is 1. The van der Waals surface area contributed by atoms with Crippen molar-refractivity contribution >= 4 is 11.5 Å². The van der Waals surface area contributed by atoms with Gasteiger partial charge in [0.05, 0.1) is 5.54 Å². The molecule has 1 heterocycles. The van der Waals surface area contributed by atoms with Crippen molar-refractivity contribution in [2.45, 2.75) is 78.7 Å². The normalized spacial score (nSPS) is 35.0. The standard InChI is InChI=1S/C23H32N2O/c1-20(2)10-16-11-22(5)13-21(3,4)14-23(15-22,19(16)18(26)12-20)25-17-6-8-24-9-7-17/h6-9H,10-15H2,1-5H3,(H,24,25)/t22-,23+/m0/s1. The number of pyridine rings is 1. The minimum Gasteiger partial charge on any atom is -0.375 e. The Kier molecular flexibility index (Phi) is 3.71. The van der Waals surface area contributed by atoms with E-state index in [0.29, 0.717) is 12.2 Å². The number of nitrogens with zero attached hydrogens (tertiary/aromatic N) is 1. The number of carbonyl (C=O) groups excluding carboxylic acids is 1. The van der Waals surface area contributed by atoms with Crippen molar-refractivity contribution in [3.63, 3.8) is 0 Å². The van der Waals surface area contributed by atoms with E-state index >= 15 is 0 Å². The molecule has 1 N–H and O–H groups in total. The fourth-order valence-corrected chi connectivity index (χ4v) is 6.77. The molecule has 3 nitrogen and oxygen atoms in total. The van der Waals surface area contributed by atoms with Crippen LogP contribution < -0.4 is 5.32 Å². The Labute approximate surface area is 157 Å². The maximum Gasteiger partial charge on any atom is 0.161 e. The molecule has 1 saturated carbocycles. The number of hydrogen-bond donors (Lipinski definition) is 1. The molecule has 1 fully saturated rings. The minimum atomic E-state index is -0.237. The van der Waals surface area contributed by atoms with Crippen LogP contribution in [0.25, 0.3) is 0 Å². The van der Waals surface area contributed by atoms with E-state index in [1.807, 2.05) is 24.5 Å². The largest absolute Gasteiger partial charge is 0.375 e. The topological polar surface area (TPSA) is 42.0 Å². The Morgan fingerprint density at radius 3 is 2.27 bits per heavy atom. The number of rotatable bonds is 2. The third-order valence-corrected chi connectivity index (χ3v) is 6.56. The van der Waals surface area contributed by atoms with Crippen molar-refractivity contribution in [3.05, 3.63) is 35.7 Å². The van der Waals surface area contributed by atoms with Crippen molar-refractivity contribution in [2.75, 3.05) is 5.32 Å². The number of aromatic nitrogens is 1. The van der Waals surface area contributed by atoms with Gasteiger partial charge in [0.2, 0.25) is 0 Å². The van der Waals surface area contributed by atoms with Crippen LogP contribution >= 0.6 is 0 Å². The van der Waals surface area contributed by atoms with E-state index in [1.165, 1.54) is 12.0 Å². The molecule has 3 aliphatic rings. The number of nitrogens with one attached hydrogen (secondary N) is 1. The lowest BCUT2D eigenvalue weighted by atomic mass is 9.48. The number of carbonyl (C=O) groups is 1. The van der Waals surface area contributed by atoms with Crippen molar-refractivity contribution in [1.82, 2.24) is 4.98 Å². The number of Topliss-reactive ketones (excluding diaryl/α,β-unsaturated/α-hetero) is 1. The van der Waals surface area contributed by atoms with E-state index in [2.05, 4.69) is 44.9 Å². The van der Waals surface area contributed by atoms with Gasteiger partial charge in [0, 0.05) is 30.1 Å². The van der Waals surface area contributed by atoms with Gasteiger partial charge in [0.15, 0.2) is 5.78 Å². The van der Waals surface area contributed by atoms with Gasteiger partial charge < -0.3 is 5.32 Å².